The van der Waals surface area contributed by atoms with Crippen molar-refractivity contribution in [3.05, 3.63) is 64.2 Å². The minimum atomic E-state index is -5.09. The third-order valence-corrected chi connectivity index (χ3v) is 7.40. The van der Waals surface area contributed by atoms with Gasteiger partial charge in [0.2, 0.25) is 5.84 Å². The highest BCUT2D eigenvalue weighted by atomic mass is 35.5. The molecule has 5 aliphatic heterocycles. The van der Waals surface area contributed by atoms with Gasteiger partial charge in [-0.2, -0.15) is 13.2 Å². The Labute approximate surface area is 190 Å². The lowest BCUT2D eigenvalue weighted by Gasteiger charge is -2.70. The molecule has 1 aromatic heterocycles. The van der Waals surface area contributed by atoms with Crippen molar-refractivity contribution in [2.75, 3.05) is 6.54 Å². The van der Waals surface area contributed by atoms with Gasteiger partial charge in [0.05, 0.1) is 10.6 Å². The van der Waals surface area contributed by atoms with E-state index in [2.05, 4.69) is 4.98 Å². The molecule has 2 unspecified atom stereocenters. The van der Waals surface area contributed by atoms with Gasteiger partial charge in [-0.05, 0) is 24.3 Å². The van der Waals surface area contributed by atoms with E-state index in [0.717, 1.165) is 6.07 Å². The first-order chi connectivity index (χ1) is 15.4. The Morgan fingerprint density at radius 1 is 1.30 bits per heavy atom. The van der Waals surface area contributed by atoms with E-state index in [1.807, 2.05) is 0 Å². The molecule has 0 radical (unpaired) electrons. The van der Waals surface area contributed by atoms with Gasteiger partial charge in [0.1, 0.15) is 35.7 Å². The van der Waals surface area contributed by atoms with E-state index >= 15 is 0 Å². The van der Waals surface area contributed by atoms with Crippen molar-refractivity contribution in [3.63, 3.8) is 0 Å². The average molecular weight is 482 g/mol. The number of carbonyl (C=O) groups is 1. The van der Waals surface area contributed by atoms with Gasteiger partial charge in [0, 0.05) is 19.0 Å². The van der Waals surface area contributed by atoms with Gasteiger partial charge in [0.15, 0.2) is 5.66 Å². The molecule has 1 amide bonds. The number of hydrogen-bond acceptors (Lipinski definition) is 5. The molecule has 4 atom stereocenters. The van der Waals surface area contributed by atoms with Crippen molar-refractivity contribution in [2.24, 2.45) is 5.73 Å². The van der Waals surface area contributed by atoms with Crippen LogP contribution in [0.1, 0.15) is 34.5 Å². The van der Waals surface area contributed by atoms with Gasteiger partial charge >= 0.3 is 6.18 Å². The van der Waals surface area contributed by atoms with E-state index in [0.29, 0.717) is 18.2 Å². The van der Waals surface area contributed by atoms with Gasteiger partial charge in [-0.15, -0.1) is 0 Å². The van der Waals surface area contributed by atoms with Crippen molar-refractivity contribution < 1.29 is 26.8 Å². The van der Waals surface area contributed by atoms with Gasteiger partial charge in [-0.3, -0.25) is 20.8 Å². The maximum Gasteiger partial charge on any atom is 0.420 e. The zero-order valence-electron chi connectivity index (χ0n) is 17.0. The molecule has 4 N–H and O–H groups in total. The van der Waals surface area contributed by atoms with Crippen LogP contribution in [0.4, 0.5) is 17.6 Å². The fourth-order valence-electron chi connectivity index (χ4n) is 5.51. The number of benzene rings is 1. The predicted octanol–water partition coefficient (Wildman–Crippen LogP) is 3.37. The third kappa shape index (κ3) is 2.69. The summed E-state index contributed by atoms with van der Waals surface area (Å²) in [6.45, 7) is 0.175. The van der Waals surface area contributed by atoms with Crippen molar-refractivity contribution in [1.29, 1.82) is 10.8 Å². The van der Waals surface area contributed by atoms with Crippen LogP contribution in [0.3, 0.4) is 0 Å². The molecule has 33 heavy (non-hydrogen) atoms. The summed E-state index contributed by atoms with van der Waals surface area (Å²) in [5.41, 5.74) is 3.08. The average Bonchev–Trinajstić information content (AvgIpc) is 2.73. The molecule has 5 aliphatic rings. The van der Waals surface area contributed by atoms with Crippen LogP contribution in [0.25, 0.3) is 0 Å². The van der Waals surface area contributed by atoms with Crippen LogP contribution in [-0.2, 0) is 6.18 Å². The number of amides is 1. The summed E-state index contributed by atoms with van der Waals surface area (Å²) in [7, 11) is 0. The second-order valence-corrected chi connectivity index (χ2v) is 8.90. The number of nitrogens with one attached hydrogen (secondary N) is 2. The zero-order chi connectivity index (χ0) is 23.9. The largest absolute Gasteiger partial charge is 0.420 e. The lowest BCUT2D eigenvalue weighted by molar-refractivity contribution is -0.854. The third-order valence-electron chi connectivity index (χ3n) is 7.01. The second-order valence-electron chi connectivity index (χ2n) is 8.52. The number of nitrogens with two attached hydrogens (primary N) is 1. The first-order valence-electron chi connectivity index (χ1n) is 10.1. The standard InChI is InChI=1S/C21H18ClF4N6O/c22-16-10(4-5-11(23)15(16)21(24,25)26)18(33)31-13-9-32(17(27)12-3-1-2-8-30-12)14(13)6-7-20(31,29)19(32)28/h1-5,8,13-14,27-28H,6-7,9,29H2/q+1/t13-,14?,20-,32?/m1/s1. The SMILES string of the molecule is N=C(c1ccccn1)[N+]12C[C@@H]3C1CC[C@](N)(C2=N)N3C(=O)c1ccc(F)c(C(F)(F)F)c1Cl. The number of hydrogen-bond donors (Lipinski definition) is 3. The zero-order valence-corrected chi connectivity index (χ0v) is 17.7. The van der Waals surface area contributed by atoms with Crippen LogP contribution < -0.4 is 5.73 Å². The Morgan fingerprint density at radius 2 is 2.03 bits per heavy atom. The van der Waals surface area contributed by atoms with Crippen molar-refractivity contribution in [3.8, 4) is 0 Å². The highest BCUT2D eigenvalue weighted by Gasteiger charge is 2.77. The van der Waals surface area contributed by atoms with E-state index in [9.17, 15) is 22.4 Å². The number of alkyl halides is 3. The summed E-state index contributed by atoms with van der Waals surface area (Å²) >= 11 is 5.87. The molecule has 172 valence electrons. The number of rotatable bonds is 2. The molecular weight excluding hydrogens is 464 g/mol. The Bertz CT molecular complexity index is 1220. The molecule has 12 heteroatoms. The number of carbonyl (C=O) groups excluding carboxylic acids is 1. The summed E-state index contributed by atoms with van der Waals surface area (Å²) in [6, 6.07) is 5.67. The number of fused-ring (bicyclic) bond motifs is 1. The Hall–Kier alpha value is -2.89. The van der Waals surface area contributed by atoms with Crippen LogP contribution in [-0.4, -0.2) is 56.2 Å². The number of aromatic nitrogens is 1. The maximum atomic E-state index is 13.9. The predicted molar refractivity (Wildman–Crippen MR) is 110 cm³/mol. The van der Waals surface area contributed by atoms with Gasteiger partial charge in [-0.25, -0.2) is 19.3 Å². The van der Waals surface area contributed by atoms with Crippen LogP contribution in [0, 0.1) is 16.6 Å². The molecule has 0 spiro atoms. The minimum absolute atomic E-state index is 0.0858. The van der Waals surface area contributed by atoms with Crippen molar-refractivity contribution in [2.45, 2.75) is 36.8 Å². The molecule has 6 heterocycles. The van der Waals surface area contributed by atoms with E-state index in [1.54, 1.807) is 18.2 Å². The summed E-state index contributed by atoms with van der Waals surface area (Å²) in [6.07, 6.45) is -2.83. The monoisotopic (exact) mass is 481 g/mol. The smallest absolute Gasteiger partial charge is 0.299 e. The van der Waals surface area contributed by atoms with Gasteiger partial charge < -0.3 is 0 Å². The molecule has 2 aromatic rings. The summed E-state index contributed by atoms with van der Waals surface area (Å²) in [4.78, 5) is 18.8. The van der Waals surface area contributed by atoms with Crippen LogP contribution >= 0.6 is 11.6 Å². The van der Waals surface area contributed by atoms with E-state index in [1.165, 1.54) is 11.1 Å². The fourth-order valence-corrected chi connectivity index (χ4v) is 5.85. The number of quaternary nitrogens is 1. The molecule has 7 rings (SSSR count). The molecule has 5 saturated heterocycles. The quantitative estimate of drug-likeness (QED) is 0.265. The summed E-state index contributed by atoms with van der Waals surface area (Å²) < 4.78 is 53.7. The highest BCUT2D eigenvalue weighted by Crippen LogP contribution is 2.53. The lowest BCUT2D eigenvalue weighted by Crippen LogP contribution is -2.96. The molecule has 5 fully saturated rings. The number of piperidine rings is 2. The van der Waals surface area contributed by atoms with Gasteiger partial charge in [-0.1, -0.05) is 17.7 Å². The number of piperazine rings is 2. The number of halogens is 5. The first-order valence-corrected chi connectivity index (χ1v) is 10.5. The molecule has 7 nitrogen and oxygen atoms in total. The molecular formula is C21H18ClF4N6O+. The second kappa shape index (κ2) is 6.81. The molecule has 0 saturated carbocycles. The Morgan fingerprint density at radius 3 is 2.67 bits per heavy atom. The summed E-state index contributed by atoms with van der Waals surface area (Å²) in [5.74, 6) is -2.49. The maximum absolute atomic E-state index is 13.9. The highest BCUT2D eigenvalue weighted by molar-refractivity contribution is 6.34. The molecule has 4 bridgehead atoms. The topological polar surface area (TPSA) is 107 Å². The normalized spacial score (nSPS) is 30.2. The molecule has 1 aromatic carbocycles. The number of nitrogens with zero attached hydrogens (tertiary/aromatic N) is 3. The number of amidine groups is 2. The summed E-state index contributed by atoms with van der Waals surface area (Å²) in [5, 5.41) is 16.6. The Balaban J connectivity index is 1.55. The van der Waals surface area contributed by atoms with Crippen molar-refractivity contribution in [1.82, 2.24) is 9.88 Å². The van der Waals surface area contributed by atoms with Crippen LogP contribution in [0.2, 0.25) is 5.02 Å². The van der Waals surface area contributed by atoms with E-state index < -0.39 is 45.8 Å². The Kier molecular flexibility index (Phi) is 4.53. The van der Waals surface area contributed by atoms with Crippen LogP contribution in [0.5, 0.6) is 0 Å². The van der Waals surface area contributed by atoms with E-state index in [4.69, 9.17) is 28.2 Å². The van der Waals surface area contributed by atoms with E-state index in [-0.39, 0.29) is 35.2 Å². The minimum Gasteiger partial charge on any atom is -0.299 e. The fraction of sp³-hybridized carbons (Fsp3) is 0.333. The lowest BCUT2D eigenvalue weighted by atomic mass is 9.69. The van der Waals surface area contributed by atoms with Crippen LogP contribution in [0.15, 0.2) is 36.5 Å². The first kappa shape index (κ1) is 21.9. The molecule has 0 aliphatic carbocycles. The number of pyridine rings is 1. The van der Waals surface area contributed by atoms with Crippen molar-refractivity contribution >= 4 is 29.2 Å². The van der Waals surface area contributed by atoms with Gasteiger partial charge in [0.25, 0.3) is 11.7 Å².